The summed E-state index contributed by atoms with van der Waals surface area (Å²) in [5.74, 6) is -0.915. The van der Waals surface area contributed by atoms with Crippen LogP contribution in [-0.4, -0.2) is 34.8 Å². The fraction of sp³-hybridized carbons (Fsp3) is 0.333. The van der Waals surface area contributed by atoms with Gasteiger partial charge in [-0.15, -0.1) is 0 Å². The Hall–Kier alpha value is -2.35. The number of halogens is 11. The summed E-state index contributed by atoms with van der Waals surface area (Å²) < 4.78 is 95.9. The Kier molecular flexibility index (Phi) is 9.56. The van der Waals surface area contributed by atoms with Crippen molar-refractivity contribution in [3.8, 4) is 0 Å². The lowest BCUT2D eigenvalue weighted by Crippen LogP contribution is -2.50. The number of amides is 2. The molecule has 2 aromatic carbocycles. The van der Waals surface area contributed by atoms with Crippen LogP contribution in [-0.2, 0) is 10.4 Å². The summed E-state index contributed by atoms with van der Waals surface area (Å²) >= 11 is 22.6. The topological polar surface area (TPSA) is 79.5 Å². The minimum atomic E-state index is -6.28. The van der Waals surface area contributed by atoms with Crippen LogP contribution in [0.15, 0.2) is 30.3 Å². The summed E-state index contributed by atoms with van der Waals surface area (Å²) in [5.41, 5.74) is -3.62. The van der Waals surface area contributed by atoms with Gasteiger partial charge in [-0.3, -0.25) is 21.0 Å². The molecule has 0 bridgehead atoms. The lowest BCUT2D eigenvalue weighted by molar-refractivity contribution is -0.348. The fourth-order valence-corrected chi connectivity index (χ4v) is 3.55. The highest BCUT2D eigenvalue weighted by Gasteiger charge is 2.73. The molecule has 0 saturated heterocycles. The number of carbonyl (C=O) groups excluding carboxylic acids is 2. The van der Waals surface area contributed by atoms with Crippen LogP contribution < -0.4 is 16.2 Å². The SMILES string of the molecule is Cc1cc(C(F)(C(F)(F)F)C(F)(F)F)cc(C)c1NNC(=O)c1cccc(NC(=O)OCC(Cl)(Cl)Cl)c1Cl. The van der Waals surface area contributed by atoms with E-state index in [0.717, 1.165) is 13.8 Å². The molecule has 0 spiro atoms. The van der Waals surface area contributed by atoms with Gasteiger partial charge in [-0.2, -0.15) is 26.3 Å². The molecule has 38 heavy (non-hydrogen) atoms. The highest BCUT2D eigenvalue weighted by atomic mass is 35.6. The van der Waals surface area contributed by atoms with Crippen LogP contribution in [0.5, 0.6) is 0 Å². The van der Waals surface area contributed by atoms with Crippen molar-refractivity contribution in [3.05, 3.63) is 57.6 Å². The van der Waals surface area contributed by atoms with Crippen molar-refractivity contribution in [2.75, 3.05) is 17.3 Å². The first-order valence-electron chi connectivity index (χ1n) is 9.98. The van der Waals surface area contributed by atoms with Crippen molar-refractivity contribution < 1.29 is 45.1 Å². The summed E-state index contributed by atoms with van der Waals surface area (Å²) in [7, 11) is 0. The summed E-state index contributed by atoms with van der Waals surface area (Å²) in [6, 6.07) is 4.60. The number of hydrazine groups is 1. The average Bonchev–Trinajstić information content (AvgIpc) is 2.75. The Bertz CT molecular complexity index is 1180. The predicted molar refractivity (Wildman–Crippen MR) is 129 cm³/mol. The van der Waals surface area contributed by atoms with Gasteiger partial charge in [0.1, 0.15) is 6.61 Å². The van der Waals surface area contributed by atoms with Gasteiger partial charge < -0.3 is 4.74 Å². The van der Waals surface area contributed by atoms with Gasteiger partial charge >= 0.3 is 24.1 Å². The maximum absolute atomic E-state index is 14.4. The second-order valence-electron chi connectivity index (χ2n) is 7.70. The van der Waals surface area contributed by atoms with Gasteiger partial charge in [-0.25, -0.2) is 9.18 Å². The highest BCUT2D eigenvalue weighted by Crippen LogP contribution is 2.53. The zero-order valence-corrected chi connectivity index (χ0v) is 22.0. The zero-order valence-electron chi connectivity index (χ0n) is 19.0. The van der Waals surface area contributed by atoms with Gasteiger partial charge in [0.2, 0.25) is 3.79 Å². The quantitative estimate of drug-likeness (QED) is 0.172. The molecule has 17 heteroatoms. The second-order valence-corrected chi connectivity index (χ2v) is 10.6. The molecule has 6 nitrogen and oxygen atoms in total. The van der Waals surface area contributed by atoms with Crippen molar-refractivity contribution in [1.29, 1.82) is 0 Å². The van der Waals surface area contributed by atoms with Crippen LogP contribution in [0, 0.1) is 13.8 Å². The number of aryl methyl sites for hydroxylation is 2. The molecule has 0 fully saturated rings. The Morgan fingerprint density at radius 2 is 1.45 bits per heavy atom. The van der Waals surface area contributed by atoms with Crippen LogP contribution in [0.1, 0.15) is 27.0 Å². The van der Waals surface area contributed by atoms with Crippen molar-refractivity contribution in [2.24, 2.45) is 0 Å². The number of hydrogen-bond acceptors (Lipinski definition) is 4. The first-order valence-corrected chi connectivity index (χ1v) is 11.5. The first-order chi connectivity index (χ1) is 17.2. The van der Waals surface area contributed by atoms with Gasteiger partial charge in [-0.1, -0.05) is 64.6 Å². The van der Waals surface area contributed by atoms with E-state index in [1.807, 2.05) is 0 Å². The third-order valence-corrected chi connectivity index (χ3v) is 5.59. The van der Waals surface area contributed by atoms with Crippen molar-refractivity contribution >= 4 is 69.8 Å². The van der Waals surface area contributed by atoms with E-state index >= 15 is 0 Å². The average molecular weight is 633 g/mol. The van der Waals surface area contributed by atoms with E-state index in [9.17, 15) is 40.3 Å². The lowest BCUT2D eigenvalue weighted by atomic mass is 9.90. The molecule has 210 valence electrons. The summed E-state index contributed by atoms with van der Waals surface area (Å²) in [4.78, 5) is 24.5. The lowest BCUT2D eigenvalue weighted by Gasteiger charge is -2.31. The third-order valence-electron chi connectivity index (χ3n) is 4.86. The van der Waals surface area contributed by atoms with Crippen molar-refractivity contribution in [1.82, 2.24) is 5.43 Å². The van der Waals surface area contributed by atoms with E-state index in [1.165, 1.54) is 18.2 Å². The van der Waals surface area contributed by atoms with Crippen LogP contribution in [0.4, 0.5) is 46.9 Å². The summed E-state index contributed by atoms with van der Waals surface area (Å²) in [6.45, 7) is 1.62. The van der Waals surface area contributed by atoms with Crippen LogP contribution >= 0.6 is 46.4 Å². The van der Waals surface area contributed by atoms with Crippen LogP contribution in [0.3, 0.4) is 0 Å². The second kappa shape index (κ2) is 11.4. The predicted octanol–water partition coefficient (Wildman–Crippen LogP) is 7.92. The molecule has 2 rings (SSSR count). The van der Waals surface area contributed by atoms with Crippen molar-refractivity contribution in [3.63, 3.8) is 0 Å². The molecule has 0 aliphatic rings. The standard InChI is InChI=1S/C21H16Cl4F7N3O3/c1-9-6-11(19(26,20(27,28)29)21(30,31)32)7-10(2)15(9)34-35-16(36)12-4-3-5-13(14(12)22)33-17(37)38-8-18(23,24)25/h3-7,34H,8H2,1-2H3,(H,33,37)(H,35,36). The maximum atomic E-state index is 14.4. The number of alkyl halides is 10. The molecule has 0 atom stereocenters. The third kappa shape index (κ3) is 7.19. The first kappa shape index (κ1) is 31.9. The summed E-state index contributed by atoms with van der Waals surface area (Å²) in [6.07, 6.45) is -13.6. The van der Waals surface area contributed by atoms with Gasteiger partial charge in [0.05, 0.1) is 22.0 Å². The highest BCUT2D eigenvalue weighted by molar-refractivity contribution is 6.67. The van der Waals surface area contributed by atoms with E-state index in [4.69, 9.17) is 46.4 Å². The smallest absolute Gasteiger partial charge is 0.435 e. The molecule has 3 N–H and O–H groups in total. The molecule has 2 aromatic rings. The molecule has 0 saturated carbocycles. The molecule has 0 unspecified atom stereocenters. The molecule has 0 radical (unpaired) electrons. The number of nitrogens with one attached hydrogen (secondary N) is 3. The molecule has 0 aromatic heterocycles. The Labute approximate surface area is 230 Å². The number of ether oxygens (including phenoxy) is 1. The number of hydrogen-bond donors (Lipinski definition) is 3. The van der Waals surface area contributed by atoms with E-state index < -0.39 is 46.0 Å². The van der Waals surface area contributed by atoms with E-state index in [0.29, 0.717) is 12.1 Å². The maximum Gasteiger partial charge on any atom is 0.435 e. The molecule has 0 heterocycles. The van der Waals surface area contributed by atoms with Gasteiger partial charge in [-0.05, 0) is 37.1 Å². The van der Waals surface area contributed by atoms with E-state index in [2.05, 4.69) is 20.9 Å². The monoisotopic (exact) mass is 631 g/mol. The van der Waals surface area contributed by atoms with Crippen LogP contribution in [0.2, 0.25) is 5.02 Å². The number of carbonyl (C=O) groups is 2. The largest absolute Gasteiger partial charge is 0.445 e. The molecule has 2 amide bonds. The van der Waals surface area contributed by atoms with E-state index in [-0.39, 0.29) is 33.1 Å². The zero-order chi connectivity index (χ0) is 29.3. The number of benzene rings is 2. The fourth-order valence-electron chi connectivity index (χ4n) is 3.13. The van der Waals surface area contributed by atoms with Gasteiger partial charge in [0.25, 0.3) is 5.91 Å². The van der Waals surface area contributed by atoms with Crippen LogP contribution in [0.25, 0.3) is 0 Å². The minimum Gasteiger partial charge on any atom is -0.445 e. The molecule has 0 aliphatic carbocycles. The van der Waals surface area contributed by atoms with Gasteiger partial charge in [0, 0.05) is 5.56 Å². The van der Waals surface area contributed by atoms with E-state index in [1.54, 1.807) is 0 Å². The molecular weight excluding hydrogens is 617 g/mol. The number of anilines is 2. The Balaban J connectivity index is 2.24. The molecular formula is C21H16Cl4F7N3O3. The minimum absolute atomic E-state index is 0.0797. The normalized spacial score (nSPS) is 12.7. The Morgan fingerprint density at radius 1 is 0.921 bits per heavy atom. The summed E-state index contributed by atoms with van der Waals surface area (Å²) in [5, 5.41) is 1.96. The van der Waals surface area contributed by atoms with Crippen molar-refractivity contribution in [2.45, 2.75) is 35.7 Å². The Morgan fingerprint density at radius 3 is 1.92 bits per heavy atom. The van der Waals surface area contributed by atoms with Gasteiger partial charge in [0.15, 0.2) is 0 Å². The number of rotatable bonds is 6. The molecule has 0 aliphatic heterocycles.